The molecule has 0 saturated carbocycles. The first kappa shape index (κ1) is 17.9. The number of rotatable bonds is 6. The molecule has 19 heavy (non-hydrogen) atoms. The molecule has 1 amide bonds. The zero-order valence-corrected chi connectivity index (χ0v) is 12.4. The molecule has 0 bridgehead atoms. The van der Waals surface area contributed by atoms with E-state index in [1.54, 1.807) is 19.1 Å². The summed E-state index contributed by atoms with van der Waals surface area (Å²) in [7, 11) is -3.40. The van der Waals surface area contributed by atoms with Gasteiger partial charge in [0.2, 0.25) is 0 Å². The second-order valence-corrected chi connectivity index (χ2v) is 5.94. The Kier molecular flexibility index (Phi) is 7.66. The highest BCUT2D eigenvalue weighted by Gasteiger charge is 2.20. The van der Waals surface area contributed by atoms with Crippen molar-refractivity contribution in [2.45, 2.75) is 18.2 Å². The van der Waals surface area contributed by atoms with Crippen LogP contribution in [0.3, 0.4) is 0 Å². The Labute approximate surface area is 119 Å². The van der Waals surface area contributed by atoms with E-state index >= 15 is 0 Å². The van der Waals surface area contributed by atoms with Gasteiger partial charge < -0.3 is 11.1 Å². The fourth-order valence-corrected chi connectivity index (χ4v) is 3.12. The minimum absolute atomic E-state index is 0. The molecule has 0 radical (unpaired) electrons. The third-order valence-corrected chi connectivity index (χ3v) is 4.34. The topological polar surface area (TPSA) is 89.3 Å². The molecule has 108 valence electrons. The quantitative estimate of drug-likeness (QED) is 0.820. The number of hydrogen-bond donors (Lipinski definition) is 2. The van der Waals surface area contributed by atoms with Crippen molar-refractivity contribution in [3.63, 3.8) is 0 Å². The summed E-state index contributed by atoms with van der Waals surface area (Å²) in [5.74, 6) is -0.371. The first-order valence-electron chi connectivity index (χ1n) is 5.83. The number of sulfone groups is 1. The van der Waals surface area contributed by atoms with E-state index in [0.29, 0.717) is 19.5 Å². The normalized spacial score (nSPS) is 10.6. The van der Waals surface area contributed by atoms with Crippen molar-refractivity contribution >= 4 is 28.2 Å². The molecule has 0 fully saturated rings. The summed E-state index contributed by atoms with van der Waals surface area (Å²) < 4.78 is 24.1. The Bertz CT molecular complexity index is 517. The summed E-state index contributed by atoms with van der Waals surface area (Å²) in [6.45, 7) is 2.42. The van der Waals surface area contributed by atoms with Crippen LogP contribution in [0.1, 0.15) is 23.7 Å². The second kappa shape index (κ2) is 8.14. The Morgan fingerprint density at radius 1 is 1.32 bits per heavy atom. The maximum absolute atomic E-state index is 12.0. The van der Waals surface area contributed by atoms with Gasteiger partial charge in [-0.2, -0.15) is 0 Å². The minimum Gasteiger partial charge on any atom is -0.351 e. The van der Waals surface area contributed by atoms with Crippen LogP contribution in [-0.4, -0.2) is 33.2 Å². The molecule has 0 heterocycles. The van der Waals surface area contributed by atoms with Gasteiger partial charge in [0.1, 0.15) is 0 Å². The van der Waals surface area contributed by atoms with Gasteiger partial charge in [0, 0.05) is 13.1 Å². The van der Waals surface area contributed by atoms with Gasteiger partial charge in [-0.05, 0) is 18.6 Å². The number of carbonyl (C=O) groups excluding carboxylic acids is 1. The van der Waals surface area contributed by atoms with E-state index < -0.39 is 15.7 Å². The third-order valence-electron chi connectivity index (χ3n) is 2.37. The van der Waals surface area contributed by atoms with Crippen molar-refractivity contribution in [2.75, 3.05) is 18.8 Å². The van der Waals surface area contributed by atoms with E-state index in [1.807, 2.05) is 0 Å². The second-order valence-electron chi connectivity index (χ2n) is 3.86. The van der Waals surface area contributed by atoms with Crippen LogP contribution in [0, 0.1) is 0 Å². The lowest BCUT2D eigenvalue weighted by Crippen LogP contribution is -2.30. The fourth-order valence-electron chi connectivity index (χ4n) is 1.59. The van der Waals surface area contributed by atoms with E-state index in [1.165, 1.54) is 12.1 Å². The van der Waals surface area contributed by atoms with Crippen molar-refractivity contribution in [3.05, 3.63) is 29.8 Å². The summed E-state index contributed by atoms with van der Waals surface area (Å²) in [5, 5.41) is 2.57. The molecule has 5 nitrogen and oxygen atoms in total. The van der Waals surface area contributed by atoms with Crippen LogP contribution < -0.4 is 11.1 Å². The van der Waals surface area contributed by atoms with Gasteiger partial charge in [0.25, 0.3) is 5.91 Å². The van der Waals surface area contributed by atoms with Gasteiger partial charge in [0.15, 0.2) is 9.84 Å². The number of nitrogens with two attached hydrogens (primary N) is 1. The molecule has 0 spiro atoms. The lowest BCUT2D eigenvalue weighted by atomic mass is 10.2. The SMILES string of the molecule is CCCS(=O)(=O)c1ccccc1C(=O)NCCN.Cl. The maximum Gasteiger partial charge on any atom is 0.252 e. The summed E-state index contributed by atoms with van der Waals surface area (Å²) in [6.07, 6.45) is 0.515. The van der Waals surface area contributed by atoms with Crippen molar-refractivity contribution in [2.24, 2.45) is 5.73 Å². The number of nitrogens with one attached hydrogen (secondary N) is 1. The lowest BCUT2D eigenvalue weighted by molar-refractivity contribution is 0.0951. The molecular weight excluding hydrogens is 288 g/mol. The predicted octanol–water partition coefficient (Wildman–Crippen LogP) is 0.981. The van der Waals surface area contributed by atoms with Crippen LogP contribution in [0.4, 0.5) is 0 Å². The maximum atomic E-state index is 12.0. The smallest absolute Gasteiger partial charge is 0.252 e. The van der Waals surface area contributed by atoms with Gasteiger partial charge in [-0.25, -0.2) is 8.42 Å². The van der Waals surface area contributed by atoms with Crippen molar-refractivity contribution < 1.29 is 13.2 Å². The van der Waals surface area contributed by atoms with Crippen LogP contribution in [0.15, 0.2) is 29.2 Å². The molecule has 0 saturated heterocycles. The number of hydrogen-bond acceptors (Lipinski definition) is 4. The molecule has 0 aliphatic heterocycles. The van der Waals surface area contributed by atoms with E-state index in [9.17, 15) is 13.2 Å². The molecule has 7 heteroatoms. The predicted molar refractivity (Wildman–Crippen MR) is 77.4 cm³/mol. The highest BCUT2D eigenvalue weighted by atomic mass is 35.5. The molecular formula is C12H19ClN2O3S. The zero-order chi connectivity index (χ0) is 13.6. The minimum atomic E-state index is -3.40. The molecule has 0 unspecified atom stereocenters. The van der Waals surface area contributed by atoms with Crippen LogP contribution in [0.25, 0.3) is 0 Å². The lowest BCUT2D eigenvalue weighted by Gasteiger charge is -2.09. The monoisotopic (exact) mass is 306 g/mol. The largest absolute Gasteiger partial charge is 0.351 e. The van der Waals surface area contributed by atoms with Crippen LogP contribution >= 0.6 is 12.4 Å². The number of amides is 1. The van der Waals surface area contributed by atoms with Gasteiger partial charge in [0.05, 0.1) is 16.2 Å². The third kappa shape index (κ3) is 4.81. The highest BCUT2D eigenvalue weighted by molar-refractivity contribution is 7.91. The van der Waals surface area contributed by atoms with Crippen molar-refractivity contribution in [1.82, 2.24) is 5.32 Å². The van der Waals surface area contributed by atoms with E-state index in [4.69, 9.17) is 5.73 Å². The van der Waals surface area contributed by atoms with Crippen molar-refractivity contribution in [1.29, 1.82) is 0 Å². The first-order chi connectivity index (χ1) is 8.53. The van der Waals surface area contributed by atoms with Crippen molar-refractivity contribution in [3.8, 4) is 0 Å². The van der Waals surface area contributed by atoms with E-state index in [2.05, 4.69) is 5.32 Å². The molecule has 3 N–H and O–H groups in total. The number of halogens is 1. The van der Waals surface area contributed by atoms with E-state index in [0.717, 1.165) is 0 Å². The zero-order valence-electron chi connectivity index (χ0n) is 10.8. The Hall–Kier alpha value is -1.11. The Morgan fingerprint density at radius 2 is 1.95 bits per heavy atom. The number of carbonyl (C=O) groups is 1. The standard InChI is InChI=1S/C12H18N2O3S.ClH/c1-2-9-18(16,17)11-6-4-3-5-10(11)12(15)14-8-7-13;/h3-6H,2,7-9,13H2,1H3,(H,14,15);1H. The molecule has 0 aromatic heterocycles. The van der Waals surface area contributed by atoms with Gasteiger partial charge in [-0.3, -0.25) is 4.79 Å². The Balaban J connectivity index is 0.00000324. The molecule has 0 atom stereocenters. The number of benzene rings is 1. The summed E-state index contributed by atoms with van der Waals surface area (Å²) in [4.78, 5) is 11.9. The van der Waals surface area contributed by atoms with Crippen LogP contribution in [0.5, 0.6) is 0 Å². The highest BCUT2D eigenvalue weighted by Crippen LogP contribution is 2.17. The Morgan fingerprint density at radius 3 is 2.53 bits per heavy atom. The summed E-state index contributed by atoms with van der Waals surface area (Å²) >= 11 is 0. The van der Waals surface area contributed by atoms with Crippen LogP contribution in [-0.2, 0) is 9.84 Å². The summed E-state index contributed by atoms with van der Waals surface area (Å²) in [5.41, 5.74) is 5.47. The average molecular weight is 307 g/mol. The van der Waals surface area contributed by atoms with Gasteiger partial charge in [-0.15, -0.1) is 12.4 Å². The van der Waals surface area contributed by atoms with Gasteiger partial charge >= 0.3 is 0 Å². The summed E-state index contributed by atoms with van der Waals surface area (Å²) in [6, 6.07) is 6.22. The molecule has 0 aliphatic carbocycles. The molecule has 1 aromatic rings. The average Bonchev–Trinajstić information content (AvgIpc) is 2.36. The fraction of sp³-hybridized carbons (Fsp3) is 0.417. The van der Waals surface area contributed by atoms with Crippen LogP contribution in [0.2, 0.25) is 0 Å². The molecule has 1 aromatic carbocycles. The first-order valence-corrected chi connectivity index (χ1v) is 7.48. The van der Waals surface area contributed by atoms with Gasteiger partial charge in [-0.1, -0.05) is 19.1 Å². The molecule has 0 aliphatic rings. The molecule has 1 rings (SSSR count). The van der Waals surface area contributed by atoms with E-state index in [-0.39, 0.29) is 28.6 Å².